The highest BCUT2D eigenvalue weighted by molar-refractivity contribution is 5.89. The average molecular weight is 605 g/mol. The zero-order valence-corrected chi connectivity index (χ0v) is 23.1. The molecule has 3 N–H and O–H groups in total. The lowest BCUT2D eigenvalue weighted by molar-refractivity contribution is -0.162. The number of hydrogen-bond acceptors (Lipinski definition) is 6. The molecule has 0 bridgehead atoms. The number of alkyl halides is 3. The maximum atomic E-state index is 13.8. The van der Waals surface area contributed by atoms with Crippen LogP contribution in [0.4, 0.5) is 22.0 Å². The van der Waals surface area contributed by atoms with Gasteiger partial charge in [-0.05, 0) is 36.1 Å². The molecule has 1 unspecified atom stereocenters. The Kier molecular flexibility index (Phi) is 8.09. The monoisotopic (exact) mass is 604 g/mol. The fraction of sp³-hybridized carbons (Fsp3) is 0.379. The van der Waals surface area contributed by atoms with Gasteiger partial charge >= 0.3 is 6.18 Å². The van der Waals surface area contributed by atoms with Crippen LogP contribution < -0.4 is 11.3 Å². The lowest BCUT2D eigenvalue weighted by Gasteiger charge is -2.39. The van der Waals surface area contributed by atoms with Gasteiger partial charge in [-0.3, -0.25) is 18.8 Å². The first-order chi connectivity index (χ1) is 20.3. The maximum Gasteiger partial charge on any atom is 0.396 e. The second-order valence-corrected chi connectivity index (χ2v) is 10.9. The van der Waals surface area contributed by atoms with Crippen molar-refractivity contribution in [3.8, 4) is 11.3 Å². The molecular formula is C29H29F5N6O3. The summed E-state index contributed by atoms with van der Waals surface area (Å²) in [5.74, 6) is -5.62. The van der Waals surface area contributed by atoms with E-state index in [1.165, 1.54) is 15.8 Å². The minimum absolute atomic E-state index is 0.0184. The number of likely N-dealkylation sites (tertiary alicyclic amines) is 1. The summed E-state index contributed by atoms with van der Waals surface area (Å²) >= 11 is 0. The Labute approximate surface area is 242 Å². The number of carbonyl (C=O) groups excluding carboxylic acids is 1. The number of piperidine rings is 1. The van der Waals surface area contributed by atoms with Crippen LogP contribution in [-0.4, -0.2) is 60.1 Å². The third-order valence-electron chi connectivity index (χ3n) is 7.85. The standard InChI is InChI=1S/C29H29F5N6O3/c1-38-26(18-4-2-17(14-35)3-5-18)24-25(37-38)27(42)40(16-36-24)15-28(43)6-8-39(9-7-28)23(41)13-22(29(32,33)34)19-10-20(30)12-21(31)11-19/h2-5,10-12,16,22,43H,6-9,13-15,35H2,1H3. The van der Waals surface area contributed by atoms with Crippen molar-refractivity contribution in [3.63, 3.8) is 0 Å². The number of rotatable bonds is 7. The molecule has 2 aromatic heterocycles. The molecule has 1 saturated heterocycles. The van der Waals surface area contributed by atoms with E-state index in [1.807, 2.05) is 24.3 Å². The molecule has 0 radical (unpaired) electrons. The molecule has 1 amide bonds. The van der Waals surface area contributed by atoms with Gasteiger partial charge in [0.15, 0.2) is 5.52 Å². The highest BCUT2D eigenvalue weighted by Crippen LogP contribution is 2.39. The first kappa shape index (κ1) is 30.3. The quantitative estimate of drug-likeness (QED) is 0.311. The first-order valence-corrected chi connectivity index (χ1v) is 13.5. The first-order valence-electron chi connectivity index (χ1n) is 13.5. The third kappa shape index (κ3) is 6.30. The van der Waals surface area contributed by atoms with Gasteiger partial charge in [-0.25, -0.2) is 13.8 Å². The van der Waals surface area contributed by atoms with Crippen molar-refractivity contribution in [3.05, 3.63) is 81.9 Å². The van der Waals surface area contributed by atoms with E-state index >= 15 is 0 Å². The van der Waals surface area contributed by atoms with E-state index in [2.05, 4.69) is 10.1 Å². The summed E-state index contributed by atoms with van der Waals surface area (Å²) in [7, 11) is 1.69. The number of nitrogens with zero attached hydrogens (tertiary/aromatic N) is 5. The van der Waals surface area contributed by atoms with Gasteiger partial charge in [-0.15, -0.1) is 0 Å². The summed E-state index contributed by atoms with van der Waals surface area (Å²) in [6.07, 6.45) is -4.68. The predicted octanol–water partition coefficient (Wildman–Crippen LogP) is 3.62. The second-order valence-electron chi connectivity index (χ2n) is 10.9. The molecule has 14 heteroatoms. The lowest BCUT2D eigenvalue weighted by Crippen LogP contribution is -2.50. The summed E-state index contributed by atoms with van der Waals surface area (Å²) in [6, 6.07) is 9.03. The Morgan fingerprint density at radius 2 is 1.70 bits per heavy atom. The average Bonchev–Trinajstić information content (AvgIpc) is 3.29. The SMILES string of the molecule is Cn1nc2c(=O)n(CC3(O)CCN(C(=O)CC(c4cc(F)cc(F)c4)C(F)(F)F)CC3)cnc2c1-c1ccc(CN)cc1. The van der Waals surface area contributed by atoms with Crippen molar-refractivity contribution >= 4 is 16.9 Å². The van der Waals surface area contributed by atoms with Gasteiger partial charge in [0.1, 0.15) is 17.2 Å². The van der Waals surface area contributed by atoms with Crippen LogP contribution in [0.2, 0.25) is 0 Å². The predicted molar refractivity (Wildman–Crippen MR) is 147 cm³/mol. The van der Waals surface area contributed by atoms with Crippen LogP contribution in [-0.2, 0) is 24.9 Å². The molecule has 2 aromatic carbocycles. The molecule has 1 fully saturated rings. The van der Waals surface area contributed by atoms with Crippen molar-refractivity contribution < 1.29 is 31.9 Å². The number of halogens is 5. The van der Waals surface area contributed by atoms with Gasteiger partial charge in [-0.2, -0.15) is 18.3 Å². The molecule has 0 aliphatic carbocycles. The molecule has 1 aliphatic heterocycles. The van der Waals surface area contributed by atoms with E-state index in [1.54, 1.807) is 11.7 Å². The fourth-order valence-corrected chi connectivity index (χ4v) is 5.48. The van der Waals surface area contributed by atoms with Crippen molar-refractivity contribution in [2.45, 2.75) is 50.0 Å². The number of hydrogen-bond donors (Lipinski definition) is 2. The molecular weight excluding hydrogens is 575 g/mol. The van der Waals surface area contributed by atoms with Crippen molar-refractivity contribution in [2.24, 2.45) is 12.8 Å². The summed E-state index contributed by atoms with van der Waals surface area (Å²) < 4.78 is 71.3. The number of aromatic nitrogens is 4. The Hall–Kier alpha value is -4.17. The zero-order valence-electron chi connectivity index (χ0n) is 23.1. The van der Waals surface area contributed by atoms with Gasteiger partial charge in [0, 0.05) is 44.7 Å². The van der Waals surface area contributed by atoms with Crippen LogP contribution in [0, 0.1) is 11.6 Å². The normalized spacial score (nSPS) is 16.0. The van der Waals surface area contributed by atoms with Crippen LogP contribution >= 0.6 is 0 Å². The molecule has 0 saturated carbocycles. The third-order valence-corrected chi connectivity index (χ3v) is 7.85. The number of aryl methyl sites for hydroxylation is 1. The molecule has 1 aliphatic rings. The van der Waals surface area contributed by atoms with Crippen molar-refractivity contribution in [1.82, 2.24) is 24.2 Å². The van der Waals surface area contributed by atoms with E-state index in [0.717, 1.165) is 11.1 Å². The van der Waals surface area contributed by atoms with Gasteiger partial charge in [-0.1, -0.05) is 24.3 Å². The lowest BCUT2D eigenvalue weighted by atomic mass is 9.89. The van der Waals surface area contributed by atoms with Gasteiger partial charge in [0.25, 0.3) is 5.56 Å². The number of benzene rings is 2. The minimum atomic E-state index is -4.92. The zero-order chi connectivity index (χ0) is 31.1. The Bertz CT molecular complexity index is 1690. The number of amides is 1. The van der Waals surface area contributed by atoms with Gasteiger partial charge in [0.05, 0.1) is 30.1 Å². The highest BCUT2D eigenvalue weighted by Gasteiger charge is 2.44. The van der Waals surface area contributed by atoms with Crippen molar-refractivity contribution in [2.75, 3.05) is 13.1 Å². The smallest absolute Gasteiger partial charge is 0.388 e. The Morgan fingerprint density at radius 1 is 1.07 bits per heavy atom. The minimum Gasteiger partial charge on any atom is -0.388 e. The molecule has 3 heterocycles. The van der Waals surface area contributed by atoms with E-state index in [0.29, 0.717) is 36.0 Å². The van der Waals surface area contributed by atoms with E-state index in [9.17, 15) is 36.6 Å². The van der Waals surface area contributed by atoms with Crippen LogP contribution in [0.1, 0.15) is 36.3 Å². The molecule has 0 spiro atoms. The summed E-state index contributed by atoms with van der Waals surface area (Å²) in [6.45, 7) is 0.0683. The number of fused-ring (bicyclic) bond motifs is 1. The van der Waals surface area contributed by atoms with Crippen LogP contribution in [0.5, 0.6) is 0 Å². The van der Waals surface area contributed by atoms with E-state index in [4.69, 9.17) is 5.73 Å². The van der Waals surface area contributed by atoms with Crippen molar-refractivity contribution in [1.29, 1.82) is 0 Å². The summed E-state index contributed by atoms with van der Waals surface area (Å²) in [4.78, 5) is 31.7. The van der Waals surface area contributed by atoms with Gasteiger partial charge < -0.3 is 15.7 Å². The molecule has 9 nitrogen and oxygen atoms in total. The molecule has 5 rings (SSSR count). The molecule has 1 atom stereocenters. The number of nitrogens with two attached hydrogens (primary N) is 1. The molecule has 4 aromatic rings. The van der Waals surface area contributed by atoms with Crippen LogP contribution in [0.3, 0.4) is 0 Å². The molecule has 43 heavy (non-hydrogen) atoms. The summed E-state index contributed by atoms with van der Waals surface area (Å²) in [5.41, 5.74) is 5.92. The summed E-state index contributed by atoms with van der Waals surface area (Å²) in [5, 5.41) is 15.6. The van der Waals surface area contributed by atoms with Crippen LogP contribution in [0.15, 0.2) is 53.6 Å². The largest absolute Gasteiger partial charge is 0.396 e. The Balaban J connectivity index is 1.29. The maximum absolute atomic E-state index is 13.8. The number of carbonyl (C=O) groups is 1. The molecule has 228 valence electrons. The van der Waals surface area contributed by atoms with E-state index in [-0.39, 0.29) is 38.0 Å². The fourth-order valence-electron chi connectivity index (χ4n) is 5.48. The topological polar surface area (TPSA) is 119 Å². The van der Waals surface area contributed by atoms with Gasteiger partial charge in [0.2, 0.25) is 5.91 Å². The Morgan fingerprint density at radius 3 is 2.28 bits per heavy atom. The second kappa shape index (κ2) is 11.5. The van der Waals surface area contributed by atoms with Crippen LogP contribution in [0.25, 0.3) is 22.3 Å². The van der Waals surface area contributed by atoms with E-state index < -0.39 is 52.8 Å². The highest BCUT2D eigenvalue weighted by atomic mass is 19.4. The number of aliphatic hydroxyl groups is 1.